The van der Waals surface area contributed by atoms with E-state index in [1.807, 2.05) is 13.0 Å². The molecular weight excluding hydrogens is 368 g/mol. The molecule has 1 aromatic heterocycles. The number of aromatic nitrogens is 1. The van der Waals surface area contributed by atoms with Gasteiger partial charge in [0.05, 0.1) is 11.3 Å². The van der Waals surface area contributed by atoms with Crippen LogP contribution in [-0.4, -0.2) is 29.1 Å². The minimum Gasteiger partial charge on any atom is -0.508 e. The number of benzene rings is 2. The van der Waals surface area contributed by atoms with Crippen molar-refractivity contribution in [3.8, 4) is 33.9 Å². The van der Waals surface area contributed by atoms with Crippen molar-refractivity contribution in [2.45, 2.75) is 13.8 Å². The largest absolute Gasteiger partial charge is 0.508 e. The SMILES string of the molecule is Cc1ccc(O)c(C)c1-c1cc(-c2ccnc(OCCN)c2)cc(C(N)=O)c1N. The lowest BCUT2D eigenvalue weighted by Crippen LogP contribution is -2.14. The molecule has 0 atom stereocenters. The van der Waals surface area contributed by atoms with Gasteiger partial charge in [0.25, 0.3) is 5.91 Å². The first-order valence-electron chi connectivity index (χ1n) is 9.15. The van der Waals surface area contributed by atoms with Crippen molar-refractivity contribution in [2.24, 2.45) is 11.5 Å². The first kappa shape index (κ1) is 20.2. The number of pyridine rings is 1. The number of phenols is 1. The zero-order chi connectivity index (χ0) is 21.1. The van der Waals surface area contributed by atoms with Crippen LogP contribution in [0.1, 0.15) is 21.5 Å². The Morgan fingerprint density at radius 3 is 2.59 bits per heavy atom. The monoisotopic (exact) mass is 392 g/mol. The molecule has 0 aliphatic heterocycles. The van der Waals surface area contributed by atoms with Gasteiger partial charge in [-0.1, -0.05) is 6.07 Å². The number of aromatic hydroxyl groups is 1. The van der Waals surface area contributed by atoms with E-state index >= 15 is 0 Å². The van der Waals surface area contributed by atoms with Crippen molar-refractivity contribution in [1.82, 2.24) is 4.98 Å². The van der Waals surface area contributed by atoms with Gasteiger partial charge in [-0.15, -0.1) is 0 Å². The van der Waals surface area contributed by atoms with Gasteiger partial charge in [0, 0.05) is 24.4 Å². The van der Waals surface area contributed by atoms with Crippen molar-refractivity contribution in [2.75, 3.05) is 18.9 Å². The molecule has 0 fully saturated rings. The molecule has 1 amide bonds. The topological polar surface area (TPSA) is 137 Å². The molecule has 3 rings (SSSR count). The minimum atomic E-state index is -0.630. The zero-order valence-electron chi connectivity index (χ0n) is 16.4. The Balaban J connectivity index is 2.24. The van der Waals surface area contributed by atoms with Gasteiger partial charge in [-0.25, -0.2) is 4.98 Å². The van der Waals surface area contributed by atoms with Gasteiger partial charge < -0.3 is 27.0 Å². The molecule has 0 aliphatic carbocycles. The normalized spacial score (nSPS) is 10.7. The summed E-state index contributed by atoms with van der Waals surface area (Å²) in [6, 6.07) is 10.5. The second-order valence-electron chi connectivity index (χ2n) is 6.77. The van der Waals surface area contributed by atoms with Gasteiger partial charge in [-0.2, -0.15) is 0 Å². The fourth-order valence-corrected chi connectivity index (χ4v) is 3.31. The number of nitrogens with two attached hydrogens (primary N) is 3. The van der Waals surface area contributed by atoms with Crippen LogP contribution >= 0.6 is 0 Å². The zero-order valence-corrected chi connectivity index (χ0v) is 16.4. The molecule has 29 heavy (non-hydrogen) atoms. The van der Waals surface area contributed by atoms with E-state index in [0.29, 0.717) is 30.2 Å². The highest BCUT2D eigenvalue weighted by molar-refractivity contribution is 6.04. The average Bonchev–Trinajstić information content (AvgIpc) is 2.70. The Bertz CT molecular complexity index is 1080. The molecule has 1 heterocycles. The number of amides is 1. The third-order valence-electron chi connectivity index (χ3n) is 4.80. The third kappa shape index (κ3) is 4.00. The molecule has 2 aromatic carbocycles. The first-order chi connectivity index (χ1) is 13.8. The number of anilines is 1. The maximum atomic E-state index is 12.1. The quantitative estimate of drug-likeness (QED) is 0.476. The second kappa shape index (κ2) is 8.20. The smallest absolute Gasteiger partial charge is 0.250 e. The summed E-state index contributed by atoms with van der Waals surface area (Å²) in [4.78, 5) is 16.2. The molecule has 0 spiro atoms. The fraction of sp³-hybridized carbons (Fsp3) is 0.182. The molecule has 0 saturated carbocycles. The molecular formula is C22H24N4O3. The molecule has 3 aromatic rings. The predicted octanol–water partition coefficient (Wildman–Crippen LogP) is 2.76. The highest BCUT2D eigenvalue weighted by Crippen LogP contribution is 2.40. The predicted molar refractivity (Wildman–Crippen MR) is 114 cm³/mol. The molecule has 0 radical (unpaired) electrons. The standard InChI is InChI=1S/C22H24N4O3/c1-12-3-4-18(27)13(2)20(12)16-9-15(10-17(21(16)24)22(25)28)14-5-7-26-19(11-14)29-8-6-23/h3-5,7,9-11,27H,6,8,23-24H2,1-2H3,(H2,25,28). The van der Waals surface area contributed by atoms with Crippen molar-refractivity contribution >= 4 is 11.6 Å². The highest BCUT2D eigenvalue weighted by atomic mass is 16.5. The number of ether oxygens (including phenoxy) is 1. The van der Waals surface area contributed by atoms with Gasteiger partial charge >= 0.3 is 0 Å². The maximum absolute atomic E-state index is 12.1. The summed E-state index contributed by atoms with van der Waals surface area (Å²) in [5.74, 6) is -0.0520. The Labute approximate surface area is 169 Å². The molecule has 0 unspecified atom stereocenters. The van der Waals surface area contributed by atoms with Crippen LogP contribution in [-0.2, 0) is 0 Å². The van der Waals surface area contributed by atoms with Gasteiger partial charge in [-0.3, -0.25) is 4.79 Å². The van der Waals surface area contributed by atoms with E-state index in [1.165, 1.54) is 0 Å². The van der Waals surface area contributed by atoms with Crippen LogP contribution in [0.5, 0.6) is 11.6 Å². The number of carbonyl (C=O) groups excluding carboxylic acids is 1. The van der Waals surface area contributed by atoms with Gasteiger partial charge in [-0.05, 0) is 65.9 Å². The summed E-state index contributed by atoms with van der Waals surface area (Å²) in [6.07, 6.45) is 1.62. The Hall–Kier alpha value is -3.58. The maximum Gasteiger partial charge on any atom is 0.250 e. The Morgan fingerprint density at radius 1 is 1.14 bits per heavy atom. The van der Waals surface area contributed by atoms with E-state index in [-0.39, 0.29) is 17.0 Å². The van der Waals surface area contributed by atoms with Crippen molar-refractivity contribution in [3.63, 3.8) is 0 Å². The third-order valence-corrected chi connectivity index (χ3v) is 4.80. The molecule has 7 nitrogen and oxygen atoms in total. The first-order valence-corrected chi connectivity index (χ1v) is 9.15. The highest BCUT2D eigenvalue weighted by Gasteiger charge is 2.19. The summed E-state index contributed by atoms with van der Waals surface area (Å²) in [7, 11) is 0. The number of primary amides is 1. The van der Waals surface area contributed by atoms with E-state index in [4.69, 9.17) is 21.9 Å². The molecule has 0 bridgehead atoms. The number of hydrogen-bond acceptors (Lipinski definition) is 6. The van der Waals surface area contributed by atoms with Crippen LogP contribution < -0.4 is 21.9 Å². The van der Waals surface area contributed by atoms with Crippen LogP contribution in [0.3, 0.4) is 0 Å². The summed E-state index contributed by atoms with van der Waals surface area (Å²) in [5, 5.41) is 10.2. The van der Waals surface area contributed by atoms with Crippen LogP contribution in [0.15, 0.2) is 42.6 Å². The number of carbonyl (C=O) groups is 1. The number of rotatable bonds is 6. The van der Waals surface area contributed by atoms with Crippen LogP contribution in [0.25, 0.3) is 22.3 Å². The number of hydrogen-bond donors (Lipinski definition) is 4. The van der Waals surface area contributed by atoms with Crippen LogP contribution in [0.2, 0.25) is 0 Å². The van der Waals surface area contributed by atoms with Crippen molar-refractivity contribution < 1.29 is 14.6 Å². The number of aryl methyl sites for hydroxylation is 1. The van der Waals surface area contributed by atoms with E-state index in [2.05, 4.69) is 4.98 Å². The summed E-state index contributed by atoms with van der Waals surface area (Å²) < 4.78 is 5.50. The van der Waals surface area contributed by atoms with Crippen molar-refractivity contribution in [1.29, 1.82) is 0 Å². The van der Waals surface area contributed by atoms with E-state index in [9.17, 15) is 9.90 Å². The molecule has 150 valence electrons. The summed E-state index contributed by atoms with van der Waals surface area (Å²) in [6.45, 7) is 4.44. The number of nitrogen functional groups attached to an aromatic ring is 1. The van der Waals surface area contributed by atoms with E-state index in [1.54, 1.807) is 43.5 Å². The molecule has 0 aliphatic rings. The Morgan fingerprint density at radius 2 is 1.90 bits per heavy atom. The average molecular weight is 392 g/mol. The van der Waals surface area contributed by atoms with Crippen molar-refractivity contribution in [3.05, 3.63) is 59.3 Å². The van der Waals surface area contributed by atoms with E-state index in [0.717, 1.165) is 22.3 Å². The molecule has 7 N–H and O–H groups in total. The number of phenolic OH excluding ortho intramolecular Hbond substituents is 1. The lowest BCUT2D eigenvalue weighted by molar-refractivity contribution is 0.100. The van der Waals surface area contributed by atoms with Gasteiger partial charge in [0.1, 0.15) is 12.4 Å². The Kier molecular flexibility index (Phi) is 5.70. The van der Waals surface area contributed by atoms with Crippen LogP contribution in [0, 0.1) is 13.8 Å². The van der Waals surface area contributed by atoms with E-state index < -0.39 is 5.91 Å². The summed E-state index contributed by atoms with van der Waals surface area (Å²) in [5.41, 5.74) is 22.4. The van der Waals surface area contributed by atoms with Crippen LogP contribution in [0.4, 0.5) is 5.69 Å². The number of nitrogens with zero attached hydrogens (tertiary/aromatic N) is 1. The lowest BCUT2D eigenvalue weighted by atomic mass is 9.89. The fourth-order valence-electron chi connectivity index (χ4n) is 3.31. The lowest BCUT2D eigenvalue weighted by Gasteiger charge is -2.17. The van der Waals surface area contributed by atoms with Gasteiger partial charge in [0.2, 0.25) is 5.88 Å². The summed E-state index contributed by atoms with van der Waals surface area (Å²) >= 11 is 0. The molecule has 7 heteroatoms. The molecule has 0 saturated heterocycles. The second-order valence-corrected chi connectivity index (χ2v) is 6.77. The minimum absolute atomic E-state index is 0.150. The van der Waals surface area contributed by atoms with Gasteiger partial charge in [0.15, 0.2) is 0 Å².